The average Bonchev–Trinajstić information content (AvgIpc) is 2.89. The number of carbonyl (C=O) groups is 1. The molecule has 0 aliphatic heterocycles. The van der Waals surface area contributed by atoms with E-state index in [1.807, 2.05) is 61.1 Å². The average molecular weight is 340 g/mol. The van der Waals surface area contributed by atoms with Gasteiger partial charge in [0.15, 0.2) is 6.29 Å². The van der Waals surface area contributed by atoms with Crippen LogP contribution in [0.25, 0.3) is 16.5 Å². The van der Waals surface area contributed by atoms with Crippen molar-refractivity contribution >= 4 is 40.2 Å². The van der Waals surface area contributed by atoms with Crippen LogP contribution in [-0.2, 0) is 7.05 Å². The Labute approximate surface area is 146 Å². The topological polar surface area (TPSA) is 38.1 Å². The number of nitrogens with zero attached hydrogens (tertiary/aromatic N) is 3. The lowest BCUT2D eigenvalue weighted by Gasteiger charge is -2.14. The standard InChI is InChI=1S/C19H18ClN3O/c1-12(14-8-18(20)21-19(9-14)22(2)3)13-5-6-17-16(7-13)15(11-24)10-23(17)4/h5-11H,1H2,2-4H3. The minimum atomic E-state index is 0.423. The minimum absolute atomic E-state index is 0.423. The van der Waals surface area contributed by atoms with Crippen molar-refractivity contribution in [3.63, 3.8) is 0 Å². The summed E-state index contributed by atoms with van der Waals surface area (Å²) in [5, 5.41) is 1.34. The van der Waals surface area contributed by atoms with Crippen LogP contribution >= 0.6 is 11.6 Å². The normalized spacial score (nSPS) is 10.8. The fraction of sp³-hybridized carbons (Fsp3) is 0.158. The predicted molar refractivity (Wildman–Crippen MR) is 100 cm³/mol. The summed E-state index contributed by atoms with van der Waals surface area (Å²) < 4.78 is 1.94. The quantitative estimate of drug-likeness (QED) is 0.529. The molecule has 0 N–H and O–H groups in total. The van der Waals surface area contributed by atoms with E-state index >= 15 is 0 Å². The molecule has 0 saturated heterocycles. The van der Waals surface area contributed by atoms with Gasteiger partial charge in [0.1, 0.15) is 11.0 Å². The largest absolute Gasteiger partial charge is 0.363 e. The zero-order chi connectivity index (χ0) is 17.4. The van der Waals surface area contributed by atoms with E-state index in [0.29, 0.717) is 10.7 Å². The van der Waals surface area contributed by atoms with Gasteiger partial charge in [-0.15, -0.1) is 0 Å². The van der Waals surface area contributed by atoms with E-state index in [0.717, 1.165) is 39.7 Å². The van der Waals surface area contributed by atoms with Crippen LogP contribution in [0.2, 0.25) is 5.15 Å². The van der Waals surface area contributed by atoms with Crippen molar-refractivity contribution < 1.29 is 4.79 Å². The summed E-state index contributed by atoms with van der Waals surface area (Å²) in [6, 6.07) is 9.74. The lowest BCUT2D eigenvalue weighted by molar-refractivity contribution is 0.112. The van der Waals surface area contributed by atoms with Gasteiger partial charge in [0, 0.05) is 43.8 Å². The molecule has 0 bridgehead atoms. The van der Waals surface area contributed by atoms with E-state index in [9.17, 15) is 4.79 Å². The van der Waals surface area contributed by atoms with E-state index in [-0.39, 0.29) is 0 Å². The number of aldehydes is 1. The molecule has 2 heterocycles. The van der Waals surface area contributed by atoms with Gasteiger partial charge in [0.05, 0.1) is 0 Å². The molecule has 0 spiro atoms. The molecule has 1 aromatic carbocycles. The van der Waals surface area contributed by atoms with Crippen LogP contribution in [0.3, 0.4) is 0 Å². The molecule has 0 fully saturated rings. The van der Waals surface area contributed by atoms with Gasteiger partial charge in [-0.2, -0.15) is 0 Å². The fourth-order valence-corrected chi connectivity index (χ4v) is 2.96. The van der Waals surface area contributed by atoms with Crippen molar-refractivity contribution in [1.29, 1.82) is 0 Å². The first-order valence-corrected chi connectivity index (χ1v) is 7.87. The summed E-state index contributed by atoms with van der Waals surface area (Å²) in [6.07, 6.45) is 2.71. The number of aromatic nitrogens is 2. The fourth-order valence-electron chi connectivity index (χ4n) is 2.76. The minimum Gasteiger partial charge on any atom is -0.363 e. The molecular weight excluding hydrogens is 322 g/mol. The summed E-state index contributed by atoms with van der Waals surface area (Å²) in [5.41, 5.74) is 4.37. The van der Waals surface area contributed by atoms with Gasteiger partial charge in [-0.25, -0.2) is 4.98 Å². The molecule has 0 unspecified atom stereocenters. The number of benzene rings is 1. The molecule has 3 aromatic rings. The van der Waals surface area contributed by atoms with Crippen LogP contribution in [-0.4, -0.2) is 29.9 Å². The Kier molecular flexibility index (Phi) is 4.16. The second kappa shape index (κ2) is 6.13. The maximum absolute atomic E-state index is 11.3. The zero-order valence-electron chi connectivity index (χ0n) is 13.9. The maximum Gasteiger partial charge on any atom is 0.152 e. The number of anilines is 1. The van der Waals surface area contributed by atoms with Gasteiger partial charge in [-0.05, 0) is 41.0 Å². The third-order valence-corrected chi connectivity index (χ3v) is 4.28. The second-order valence-electron chi connectivity index (χ2n) is 5.95. The first kappa shape index (κ1) is 16.3. The summed E-state index contributed by atoms with van der Waals surface area (Å²) in [4.78, 5) is 17.5. The van der Waals surface area contributed by atoms with Crippen molar-refractivity contribution in [2.45, 2.75) is 0 Å². The second-order valence-corrected chi connectivity index (χ2v) is 6.34. The first-order chi connectivity index (χ1) is 11.4. The Hall–Kier alpha value is -2.59. The number of aryl methyl sites for hydroxylation is 1. The molecular formula is C19H18ClN3O. The van der Waals surface area contributed by atoms with E-state index in [1.165, 1.54) is 0 Å². The molecule has 5 heteroatoms. The van der Waals surface area contributed by atoms with Crippen LogP contribution in [0.4, 0.5) is 5.82 Å². The van der Waals surface area contributed by atoms with E-state index < -0.39 is 0 Å². The maximum atomic E-state index is 11.3. The third-order valence-electron chi connectivity index (χ3n) is 4.08. The van der Waals surface area contributed by atoms with Gasteiger partial charge in [-0.3, -0.25) is 4.79 Å². The van der Waals surface area contributed by atoms with Crippen LogP contribution in [0.1, 0.15) is 21.5 Å². The number of fused-ring (bicyclic) bond motifs is 1. The molecule has 0 atom stereocenters. The summed E-state index contributed by atoms with van der Waals surface area (Å²) >= 11 is 6.14. The number of rotatable bonds is 4. The molecule has 24 heavy (non-hydrogen) atoms. The van der Waals surface area contributed by atoms with Crippen molar-refractivity contribution in [3.8, 4) is 0 Å². The van der Waals surface area contributed by atoms with Gasteiger partial charge in [0.2, 0.25) is 0 Å². The summed E-state index contributed by atoms with van der Waals surface area (Å²) in [6.45, 7) is 4.21. The highest BCUT2D eigenvalue weighted by Gasteiger charge is 2.11. The first-order valence-electron chi connectivity index (χ1n) is 7.49. The Morgan fingerprint density at radius 3 is 2.67 bits per heavy atom. The monoisotopic (exact) mass is 339 g/mol. The van der Waals surface area contributed by atoms with Crippen LogP contribution in [0, 0.1) is 0 Å². The van der Waals surface area contributed by atoms with Crippen molar-refractivity contribution in [1.82, 2.24) is 9.55 Å². The molecule has 4 nitrogen and oxygen atoms in total. The number of halogens is 1. The smallest absolute Gasteiger partial charge is 0.152 e. The molecule has 0 amide bonds. The van der Waals surface area contributed by atoms with Crippen LogP contribution in [0.5, 0.6) is 0 Å². The number of carbonyl (C=O) groups excluding carboxylic acids is 1. The number of hydrogen-bond donors (Lipinski definition) is 0. The van der Waals surface area contributed by atoms with Crippen LogP contribution in [0.15, 0.2) is 43.1 Å². The Balaban J connectivity index is 2.10. The summed E-state index contributed by atoms with van der Waals surface area (Å²) in [5.74, 6) is 0.771. The van der Waals surface area contributed by atoms with E-state index in [1.54, 1.807) is 6.07 Å². The summed E-state index contributed by atoms with van der Waals surface area (Å²) in [7, 11) is 5.75. The van der Waals surface area contributed by atoms with Crippen molar-refractivity contribution in [2.75, 3.05) is 19.0 Å². The highest BCUT2D eigenvalue weighted by Crippen LogP contribution is 2.29. The van der Waals surface area contributed by atoms with Crippen LogP contribution < -0.4 is 4.90 Å². The van der Waals surface area contributed by atoms with Gasteiger partial charge in [-0.1, -0.05) is 24.2 Å². The molecule has 0 aliphatic carbocycles. The van der Waals surface area contributed by atoms with Gasteiger partial charge >= 0.3 is 0 Å². The highest BCUT2D eigenvalue weighted by molar-refractivity contribution is 6.29. The molecule has 3 rings (SSSR count). The van der Waals surface area contributed by atoms with Gasteiger partial charge in [0.25, 0.3) is 0 Å². The van der Waals surface area contributed by atoms with Crippen molar-refractivity contribution in [3.05, 3.63) is 65.0 Å². The molecule has 122 valence electrons. The highest BCUT2D eigenvalue weighted by atomic mass is 35.5. The molecule has 2 aromatic heterocycles. The lowest BCUT2D eigenvalue weighted by atomic mass is 9.98. The third kappa shape index (κ3) is 2.81. The Bertz CT molecular complexity index is 957. The number of pyridine rings is 1. The molecule has 0 saturated carbocycles. The Morgan fingerprint density at radius 1 is 1.25 bits per heavy atom. The molecule has 0 aliphatic rings. The van der Waals surface area contributed by atoms with E-state index in [4.69, 9.17) is 11.6 Å². The van der Waals surface area contributed by atoms with Crippen molar-refractivity contribution in [2.24, 2.45) is 7.05 Å². The zero-order valence-corrected chi connectivity index (χ0v) is 14.6. The van der Waals surface area contributed by atoms with E-state index in [2.05, 4.69) is 11.6 Å². The predicted octanol–water partition coefficient (Wildman–Crippen LogP) is 4.17. The number of hydrogen-bond acceptors (Lipinski definition) is 3. The Morgan fingerprint density at radius 2 is 2.00 bits per heavy atom. The van der Waals surface area contributed by atoms with Gasteiger partial charge < -0.3 is 9.47 Å². The lowest BCUT2D eigenvalue weighted by Crippen LogP contribution is -2.11. The SMILES string of the molecule is C=C(c1cc(Cl)nc(N(C)C)c1)c1ccc2c(c1)c(C=O)cn2C. The molecule has 0 radical (unpaired) electrons.